The standard InChI is InChI=1S/C10H18N4O2S/c1-4-14(12)10(5-6-11)7-13(8-10)17(15,16)9(2)3/h4,9H,1,5,7-8,12H2,2-3H3. The first kappa shape index (κ1) is 14.0. The SMILES string of the molecule is C=CN(N)C1(CC#N)CN(S(=O)(=O)C(C)C)C1. The molecular weight excluding hydrogens is 240 g/mol. The molecular formula is C10H18N4O2S. The van der Waals surface area contributed by atoms with E-state index in [-0.39, 0.29) is 19.5 Å². The van der Waals surface area contributed by atoms with Gasteiger partial charge >= 0.3 is 0 Å². The summed E-state index contributed by atoms with van der Waals surface area (Å²) in [6, 6.07) is 2.04. The summed E-state index contributed by atoms with van der Waals surface area (Å²) in [6.45, 7) is 7.28. The van der Waals surface area contributed by atoms with Crippen molar-refractivity contribution in [3.8, 4) is 6.07 Å². The van der Waals surface area contributed by atoms with Gasteiger partial charge in [-0.2, -0.15) is 9.57 Å². The van der Waals surface area contributed by atoms with Gasteiger partial charge in [-0.15, -0.1) is 0 Å². The fourth-order valence-corrected chi connectivity index (χ4v) is 3.23. The van der Waals surface area contributed by atoms with Gasteiger partial charge in [0, 0.05) is 19.3 Å². The van der Waals surface area contributed by atoms with E-state index in [2.05, 4.69) is 6.58 Å². The molecule has 0 unspecified atom stereocenters. The van der Waals surface area contributed by atoms with Crippen molar-refractivity contribution in [2.24, 2.45) is 5.84 Å². The maximum atomic E-state index is 11.9. The van der Waals surface area contributed by atoms with E-state index < -0.39 is 20.8 Å². The molecule has 0 amide bonds. The number of nitriles is 1. The molecule has 17 heavy (non-hydrogen) atoms. The van der Waals surface area contributed by atoms with E-state index in [0.717, 1.165) is 0 Å². The van der Waals surface area contributed by atoms with Crippen molar-refractivity contribution in [1.29, 1.82) is 5.26 Å². The summed E-state index contributed by atoms with van der Waals surface area (Å²) in [5, 5.41) is 9.65. The molecule has 7 heteroatoms. The van der Waals surface area contributed by atoms with Crippen molar-refractivity contribution in [2.75, 3.05) is 13.1 Å². The van der Waals surface area contributed by atoms with E-state index in [1.165, 1.54) is 15.5 Å². The molecule has 2 N–H and O–H groups in total. The highest BCUT2D eigenvalue weighted by Gasteiger charge is 2.51. The highest BCUT2D eigenvalue weighted by Crippen LogP contribution is 2.32. The van der Waals surface area contributed by atoms with E-state index in [9.17, 15) is 8.42 Å². The Morgan fingerprint density at radius 2 is 2.18 bits per heavy atom. The lowest BCUT2D eigenvalue weighted by Gasteiger charge is -2.52. The molecule has 0 aromatic carbocycles. The van der Waals surface area contributed by atoms with Gasteiger partial charge in [0.1, 0.15) is 0 Å². The van der Waals surface area contributed by atoms with E-state index in [1.807, 2.05) is 6.07 Å². The summed E-state index contributed by atoms with van der Waals surface area (Å²) in [4.78, 5) is 0. The number of nitrogens with two attached hydrogens (primary N) is 1. The monoisotopic (exact) mass is 258 g/mol. The Labute approximate surface area is 102 Å². The first-order chi connectivity index (χ1) is 7.80. The number of hydrogen-bond acceptors (Lipinski definition) is 5. The van der Waals surface area contributed by atoms with Gasteiger partial charge in [-0.3, -0.25) is 0 Å². The third kappa shape index (κ3) is 2.29. The lowest BCUT2D eigenvalue weighted by molar-refractivity contribution is 0.0226. The smallest absolute Gasteiger partial charge is 0.216 e. The van der Waals surface area contributed by atoms with Crippen LogP contribution in [0.4, 0.5) is 0 Å². The Kier molecular flexibility index (Phi) is 3.81. The minimum absolute atomic E-state index is 0.180. The molecule has 0 aromatic heterocycles. The summed E-state index contributed by atoms with van der Waals surface area (Å²) in [5.74, 6) is 5.72. The zero-order valence-electron chi connectivity index (χ0n) is 10.1. The van der Waals surface area contributed by atoms with Gasteiger partial charge in [-0.1, -0.05) is 6.58 Å². The van der Waals surface area contributed by atoms with Gasteiger partial charge in [0.15, 0.2) is 0 Å². The van der Waals surface area contributed by atoms with Gasteiger partial charge in [0.2, 0.25) is 10.0 Å². The summed E-state index contributed by atoms with van der Waals surface area (Å²) in [7, 11) is -3.26. The Balaban J connectivity index is 2.82. The molecule has 0 spiro atoms. The van der Waals surface area contributed by atoms with Gasteiger partial charge in [0.05, 0.1) is 23.3 Å². The maximum absolute atomic E-state index is 11.9. The molecule has 0 radical (unpaired) electrons. The van der Waals surface area contributed by atoms with Crippen molar-refractivity contribution < 1.29 is 8.42 Å². The van der Waals surface area contributed by atoms with Crippen molar-refractivity contribution in [2.45, 2.75) is 31.1 Å². The van der Waals surface area contributed by atoms with E-state index in [1.54, 1.807) is 13.8 Å². The quantitative estimate of drug-likeness (QED) is 0.554. The molecule has 0 bridgehead atoms. The van der Waals surface area contributed by atoms with Crippen LogP contribution in [0.5, 0.6) is 0 Å². The van der Waals surface area contributed by atoms with E-state index >= 15 is 0 Å². The number of hydrazine groups is 1. The van der Waals surface area contributed by atoms with Crippen LogP contribution in [-0.4, -0.2) is 41.6 Å². The van der Waals surface area contributed by atoms with Crippen LogP contribution in [0.25, 0.3) is 0 Å². The molecule has 0 aromatic rings. The minimum Gasteiger partial charge on any atom is -0.309 e. The third-order valence-corrected chi connectivity index (χ3v) is 5.22. The van der Waals surface area contributed by atoms with E-state index in [0.29, 0.717) is 0 Å². The Morgan fingerprint density at radius 1 is 1.65 bits per heavy atom. The van der Waals surface area contributed by atoms with Crippen LogP contribution in [0, 0.1) is 11.3 Å². The summed E-state index contributed by atoms with van der Waals surface area (Å²) >= 11 is 0. The van der Waals surface area contributed by atoms with Gasteiger partial charge in [-0.25, -0.2) is 14.3 Å². The molecule has 1 heterocycles. The lowest BCUT2D eigenvalue weighted by atomic mass is 9.88. The number of nitrogens with zero attached hydrogens (tertiary/aromatic N) is 3. The molecule has 0 saturated carbocycles. The van der Waals surface area contributed by atoms with Crippen molar-refractivity contribution in [3.63, 3.8) is 0 Å². The predicted molar refractivity (Wildman–Crippen MR) is 64.8 cm³/mol. The molecule has 96 valence electrons. The predicted octanol–water partition coefficient (Wildman–Crippen LogP) is 0.0119. The Morgan fingerprint density at radius 3 is 2.53 bits per heavy atom. The van der Waals surface area contributed by atoms with Crippen LogP contribution in [0.15, 0.2) is 12.8 Å². The lowest BCUT2D eigenvalue weighted by Crippen LogP contribution is -2.71. The van der Waals surface area contributed by atoms with Crippen LogP contribution in [0.1, 0.15) is 20.3 Å². The second kappa shape index (κ2) is 4.64. The molecule has 1 aliphatic rings. The molecule has 0 atom stereocenters. The van der Waals surface area contributed by atoms with Crippen LogP contribution >= 0.6 is 0 Å². The van der Waals surface area contributed by atoms with Gasteiger partial charge < -0.3 is 5.01 Å². The molecule has 1 aliphatic heterocycles. The van der Waals surface area contributed by atoms with Crippen molar-refractivity contribution >= 4 is 10.0 Å². The summed E-state index contributed by atoms with van der Waals surface area (Å²) in [5.41, 5.74) is -0.627. The average molecular weight is 258 g/mol. The van der Waals surface area contributed by atoms with Crippen molar-refractivity contribution in [1.82, 2.24) is 9.31 Å². The Hall–Kier alpha value is -1.10. The van der Waals surface area contributed by atoms with Crippen LogP contribution < -0.4 is 5.84 Å². The molecule has 1 saturated heterocycles. The third-order valence-electron chi connectivity index (χ3n) is 3.05. The second-order valence-electron chi connectivity index (χ2n) is 4.51. The summed E-state index contributed by atoms with van der Waals surface area (Å²) in [6.07, 6.45) is 1.59. The van der Waals surface area contributed by atoms with Crippen LogP contribution in [0.3, 0.4) is 0 Å². The minimum atomic E-state index is -3.26. The zero-order chi connectivity index (χ0) is 13.3. The number of sulfonamides is 1. The number of hydrogen-bond donors (Lipinski definition) is 1. The summed E-state index contributed by atoms with van der Waals surface area (Å²) < 4.78 is 25.1. The largest absolute Gasteiger partial charge is 0.309 e. The van der Waals surface area contributed by atoms with E-state index in [4.69, 9.17) is 11.1 Å². The topological polar surface area (TPSA) is 90.4 Å². The zero-order valence-corrected chi connectivity index (χ0v) is 10.9. The first-order valence-corrected chi connectivity index (χ1v) is 6.83. The maximum Gasteiger partial charge on any atom is 0.216 e. The second-order valence-corrected chi connectivity index (χ2v) is 7.00. The molecule has 1 fully saturated rings. The molecule has 1 rings (SSSR count). The van der Waals surface area contributed by atoms with Crippen molar-refractivity contribution in [3.05, 3.63) is 12.8 Å². The molecule has 0 aliphatic carbocycles. The average Bonchev–Trinajstić information content (AvgIpc) is 2.21. The highest BCUT2D eigenvalue weighted by atomic mass is 32.2. The first-order valence-electron chi connectivity index (χ1n) is 5.32. The van der Waals surface area contributed by atoms with Crippen LogP contribution in [-0.2, 0) is 10.0 Å². The fraction of sp³-hybridized carbons (Fsp3) is 0.700. The highest BCUT2D eigenvalue weighted by molar-refractivity contribution is 7.89. The van der Waals surface area contributed by atoms with Crippen LogP contribution in [0.2, 0.25) is 0 Å². The normalized spacial score (nSPS) is 19.5. The van der Waals surface area contributed by atoms with Gasteiger partial charge in [0.25, 0.3) is 0 Å². The number of rotatable bonds is 5. The Bertz CT molecular complexity index is 432. The van der Waals surface area contributed by atoms with Gasteiger partial charge in [-0.05, 0) is 13.8 Å². The molecule has 6 nitrogen and oxygen atoms in total. The fourth-order valence-electron chi connectivity index (χ4n) is 1.80.